The Morgan fingerprint density at radius 2 is 2.25 bits per heavy atom. The number of hydrogen-bond acceptors (Lipinski definition) is 3. The van der Waals surface area contributed by atoms with Crippen LogP contribution in [-0.4, -0.2) is 22.5 Å². The molecule has 0 aliphatic heterocycles. The summed E-state index contributed by atoms with van der Waals surface area (Å²) in [5, 5.41) is 2.40. The average Bonchev–Trinajstić information content (AvgIpc) is 2.29. The van der Waals surface area contributed by atoms with Gasteiger partial charge in [-0.25, -0.2) is 4.98 Å². The highest BCUT2D eigenvalue weighted by atomic mass is 35.5. The molecule has 16 heavy (non-hydrogen) atoms. The second-order valence-electron chi connectivity index (χ2n) is 3.12. The molecule has 0 aliphatic rings. The molecule has 0 fully saturated rings. The van der Waals surface area contributed by atoms with Crippen molar-refractivity contribution in [1.82, 2.24) is 14.9 Å². The Balaban J connectivity index is 2.65. The van der Waals surface area contributed by atoms with E-state index in [4.69, 9.17) is 23.2 Å². The van der Waals surface area contributed by atoms with Crippen molar-refractivity contribution in [2.24, 2.45) is 0 Å². The molecule has 0 saturated heterocycles. The summed E-state index contributed by atoms with van der Waals surface area (Å²) < 4.78 is 1.33. The molecule has 1 N–H and O–H groups in total. The molecule has 0 radical (unpaired) electrons. The highest BCUT2D eigenvalue weighted by Crippen LogP contribution is 2.12. The molecule has 0 spiro atoms. The quantitative estimate of drug-likeness (QED) is 0.827. The van der Waals surface area contributed by atoms with Gasteiger partial charge in [0.1, 0.15) is 5.02 Å². The zero-order valence-electron chi connectivity index (χ0n) is 8.67. The van der Waals surface area contributed by atoms with Crippen LogP contribution in [-0.2, 0) is 11.3 Å². The Morgan fingerprint density at radius 1 is 1.56 bits per heavy atom. The van der Waals surface area contributed by atoms with Crippen LogP contribution in [0.2, 0.25) is 10.2 Å². The normalized spacial score (nSPS) is 10.2. The summed E-state index contributed by atoms with van der Waals surface area (Å²) in [7, 11) is 1.56. The zero-order chi connectivity index (χ0) is 12.1. The average molecular weight is 264 g/mol. The lowest BCUT2D eigenvalue weighted by Crippen LogP contribution is -2.23. The van der Waals surface area contributed by atoms with Crippen LogP contribution in [0.4, 0.5) is 0 Å². The Morgan fingerprint density at radius 3 is 2.88 bits per heavy atom. The molecule has 1 amide bonds. The Bertz CT molecular complexity index is 445. The van der Waals surface area contributed by atoms with E-state index in [1.165, 1.54) is 10.9 Å². The number of aryl methyl sites for hydroxylation is 1. The van der Waals surface area contributed by atoms with Crippen molar-refractivity contribution in [2.45, 2.75) is 19.4 Å². The molecular weight excluding hydrogens is 253 g/mol. The van der Waals surface area contributed by atoms with Gasteiger partial charge in [-0.15, -0.1) is 0 Å². The largest absolute Gasteiger partial charge is 0.359 e. The van der Waals surface area contributed by atoms with Gasteiger partial charge < -0.3 is 5.32 Å². The van der Waals surface area contributed by atoms with E-state index in [9.17, 15) is 9.59 Å². The predicted octanol–water partition coefficient (Wildman–Crippen LogP) is 1.08. The molecule has 0 aliphatic carbocycles. The van der Waals surface area contributed by atoms with Gasteiger partial charge in [0.05, 0.1) is 6.33 Å². The summed E-state index contributed by atoms with van der Waals surface area (Å²) in [6.07, 6.45) is 2.21. The van der Waals surface area contributed by atoms with Crippen molar-refractivity contribution >= 4 is 29.1 Å². The van der Waals surface area contributed by atoms with Crippen LogP contribution in [0.5, 0.6) is 0 Å². The minimum atomic E-state index is -0.390. The third-order valence-electron chi connectivity index (χ3n) is 2.02. The molecule has 0 aromatic carbocycles. The fourth-order valence-corrected chi connectivity index (χ4v) is 1.42. The van der Waals surface area contributed by atoms with Gasteiger partial charge in [0, 0.05) is 20.0 Å². The van der Waals surface area contributed by atoms with E-state index >= 15 is 0 Å². The number of nitrogens with zero attached hydrogens (tertiary/aromatic N) is 2. The summed E-state index contributed by atoms with van der Waals surface area (Å²) in [4.78, 5) is 26.2. The van der Waals surface area contributed by atoms with Gasteiger partial charge >= 0.3 is 0 Å². The number of rotatable bonds is 4. The van der Waals surface area contributed by atoms with E-state index in [2.05, 4.69) is 10.3 Å². The van der Waals surface area contributed by atoms with Crippen molar-refractivity contribution in [3.63, 3.8) is 0 Å². The SMILES string of the molecule is CNC(=O)CCCn1cnc(Cl)c(Cl)c1=O. The molecule has 0 unspecified atom stereocenters. The number of carbonyl (C=O) groups is 1. The van der Waals surface area contributed by atoms with Gasteiger partial charge in [0.15, 0.2) is 5.15 Å². The van der Waals surface area contributed by atoms with E-state index < -0.39 is 5.56 Å². The Kier molecular flexibility index (Phi) is 4.76. The molecule has 1 rings (SSSR count). The molecule has 1 heterocycles. The highest BCUT2D eigenvalue weighted by molar-refractivity contribution is 6.40. The molecule has 1 aromatic rings. The van der Waals surface area contributed by atoms with Crippen molar-refractivity contribution in [3.05, 3.63) is 26.9 Å². The molecule has 88 valence electrons. The van der Waals surface area contributed by atoms with Gasteiger partial charge in [-0.2, -0.15) is 0 Å². The van der Waals surface area contributed by atoms with Gasteiger partial charge in [-0.05, 0) is 6.42 Å². The maximum absolute atomic E-state index is 11.5. The van der Waals surface area contributed by atoms with Crippen LogP contribution in [0.25, 0.3) is 0 Å². The summed E-state index contributed by atoms with van der Waals surface area (Å²) in [6.45, 7) is 0.385. The second-order valence-corrected chi connectivity index (χ2v) is 3.86. The third-order valence-corrected chi connectivity index (χ3v) is 2.75. The lowest BCUT2D eigenvalue weighted by atomic mass is 10.3. The first-order chi connectivity index (χ1) is 7.56. The van der Waals surface area contributed by atoms with Gasteiger partial charge in [-0.1, -0.05) is 23.2 Å². The van der Waals surface area contributed by atoms with Crippen LogP contribution in [0.3, 0.4) is 0 Å². The van der Waals surface area contributed by atoms with Crippen LogP contribution in [0, 0.1) is 0 Å². The Labute approximate surface area is 102 Å². The fraction of sp³-hybridized carbons (Fsp3) is 0.444. The second kappa shape index (κ2) is 5.86. The number of hydrogen-bond donors (Lipinski definition) is 1. The number of halogens is 2. The monoisotopic (exact) mass is 263 g/mol. The summed E-state index contributed by atoms with van der Waals surface area (Å²) in [6, 6.07) is 0. The minimum Gasteiger partial charge on any atom is -0.359 e. The smallest absolute Gasteiger partial charge is 0.273 e. The first kappa shape index (κ1) is 13.0. The molecule has 5 nitrogen and oxygen atoms in total. The van der Waals surface area contributed by atoms with E-state index in [1.807, 2.05) is 0 Å². The molecule has 1 aromatic heterocycles. The van der Waals surface area contributed by atoms with Crippen molar-refractivity contribution < 1.29 is 4.79 Å². The summed E-state index contributed by atoms with van der Waals surface area (Å²) >= 11 is 11.2. The fourth-order valence-electron chi connectivity index (χ4n) is 1.14. The molecule has 0 atom stereocenters. The minimum absolute atomic E-state index is 0.00535. The van der Waals surface area contributed by atoms with Gasteiger partial charge in [0.25, 0.3) is 5.56 Å². The van der Waals surface area contributed by atoms with E-state index in [0.29, 0.717) is 19.4 Å². The third kappa shape index (κ3) is 3.21. The highest BCUT2D eigenvalue weighted by Gasteiger charge is 2.07. The van der Waals surface area contributed by atoms with E-state index in [-0.39, 0.29) is 16.1 Å². The lowest BCUT2D eigenvalue weighted by molar-refractivity contribution is -0.120. The topological polar surface area (TPSA) is 64.0 Å². The van der Waals surface area contributed by atoms with Crippen LogP contribution in [0.1, 0.15) is 12.8 Å². The van der Waals surface area contributed by atoms with E-state index in [0.717, 1.165) is 0 Å². The molecular formula is C9H11Cl2N3O2. The number of amides is 1. The van der Waals surface area contributed by atoms with Gasteiger partial charge in [-0.3, -0.25) is 14.2 Å². The Hall–Kier alpha value is -1.07. The summed E-state index contributed by atoms with van der Waals surface area (Å²) in [5.74, 6) is -0.0685. The number of aromatic nitrogens is 2. The standard InChI is InChI=1S/C9H11Cl2N3O2/c1-12-6(15)3-2-4-14-5-13-8(11)7(10)9(14)16/h5H,2-4H2,1H3,(H,12,15). The predicted molar refractivity (Wildman–Crippen MR) is 61.8 cm³/mol. The van der Waals surface area contributed by atoms with Crippen LogP contribution >= 0.6 is 23.2 Å². The van der Waals surface area contributed by atoms with Crippen LogP contribution in [0.15, 0.2) is 11.1 Å². The maximum Gasteiger partial charge on any atom is 0.273 e. The van der Waals surface area contributed by atoms with Crippen molar-refractivity contribution in [2.75, 3.05) is 7.05 Å². The number of nitrogens with one attached hydrogen (secondary N) is 1. The van der Waals surface area contributed by atoms with Gasteiger partial charge in [0.2, 0.25) is 5.91 Å². The maximum atomic E-state index is 11.5. The first-order valence-electron chi connectivity index (χ1n) is 4.67. The molecule has 0 saturated carbocycles. The lowest BCUT2D eigenvalue weighted by Gasteiger charge is -2.05. The zero-order valence-corrected chi connectivity index (χ0v) is 10.2. The van der Waals surface area contributed by atoms with Crippen molar-refractivity contribution in [1.29, 1.82) is 0 Å². The van der Waals surface area contributed by atoms with Crippen molar-refractivity contribution in [3.8, 4) is 0 Å². The van der Waals surface area contributed by atoms with Crippen LogP contribution < -0.4 is 10.9 Å². The van der Waals surface area contributed by atoms with E-state index in [1.54, 1.807) is 7.05 Å². The summed E-state index contributed by atoms with van der Waals surface area (Å²) in [5.41, 5.74) is -0.390. The molecule has 0 bridgehead atoms. The molecule has 7 heteroatoms. The first-order valence-corrected chi connectivity index (χ1v) is 5.43. The number of carbonyl (C=O) groups excluding carboxylic acids is 1.